The number of unbranched alkanes of at least 4 members (excludes halogenated alkanes) is 22. The van der Waals surface area contributed by atoms with Crippen LogP contribution in [0.1, 0.15) is 284 Å². The van der Waals surface area contributed by atoms with Crippen LogP contribution in [0.15, 0.2) is 158 Å². The number of carbonyl (C=O) groups excluding carboxylic acids is 3. The summed E-state index contributed by atoms with van der Waals surface area (Å²) >= 11 is 0. The molecule has 82 heavy (non-hydrogen) atoms. The smallest absolute Gasteiger partial charge is 0.306 e. The zero-order valence-electron chi connectivity index (χ0n) is 52.9. The van der Waals surface area contributed by atoms with Crippen LogP contribution in [0.2, 0.25) is 0 Å². The Labute approximate surface area is 505 Å². The van der Waals surface area contributed by atoms with Crippen LogP contribution in [0, 0.1) is 0 Å². The molecule has 0 bridgehead atoms. The average Bonchev–Trinajstić information content (AvgIpc) is 3.47. The van der Waals surface area contributed by atoms with Gasteiger partial charge in [-0.15, -0.1) is 0 Å². The van der Waals surface area contributed by atoms with E-state index in [2.05, 4.69) is 173 Å². The number of hydrogen-bond donors (Lipinski definition) is 0. The van der Waals surface area contributed by atoms with Crippen LogP contribution in [0.3, 0.4) is 0 Å². The van der Waals surface area contributed by atoms with Gasteiger partial charge in [0.05, 0.1) is 0 Å². The summed E-state index contributed by atoms with van der Waals surface area (Å²) in [5.74, 6) is -1.02. The Morgan fingerprint density at radius 2 is 0.500 bits per heavy atom. The van der Waals surface area contributed by atoms with Crippen molar-refractivity contribution >= 4 is 17.9 Å². The normalized spacial score (nSPS) is 13.2. The molecule has 1 unspecified atom stereocenters. The number of allylic oxidation sites excluding steroid dienone is 26. The zero-order valence-corrected chi connectivity index (χ0v) is 52.9. The van der Waals surface area contributed by atoms with Crippen LogP contribution < -0.4 is 0 Å². The molecule has 462 valence electrons. The summed E-state index contributed by atoms with van der Waals surface area (Å²) in [5.41, 5.74) is 0. The molecule has 0 aliphatic rings. The van der Waals surface area contributed by atoms with Gasteiger partial charge in [-0.2, -0.15) is 0 Å². The highest BCUT2D eigenvalue weighted by atomic mass is 16.6. The van der Waals surface area contributed by atoms with Crippen molar-refractivity contribution in [3.05, 3.63) is 158 Å². The van der Waals surface area contributed by atoms with Crippen molar-refractivity contribution < 1.29 is 28.6 Å². The second kappa shape index (κ2) is 68.5. The van der Waals surface area contributed by atoms with E-state index < -0.39 is 12.1 Å². The van der Waals surface area contributed by atoms with Crippen molar-refractivity contribution in [3.8, 4) is 0 Å². The van der Waals surface area contributed by atoms with Gasteiger partial charge >= 0.3 is 17.9 Å². The van der Waals surface area contributed by atoms with Gasteiger partial charge in [-0.05, 0) is 135 Å². The summed E-state index contributed by atoms with van der Waals surface area (Å²) in [7, 11) is 0. The number of hydrogen-bond acceptors (Lipinski definition) is 6. The second-order valence-electron chi connectivity index (χ2n) is 21.6. The molecule has 0 radical (unpaired) electrons. The van der Waals surface area contributed by atoms with Crippen molar-refractivity contribution in [2.24, 2.45) is 0 Å². The van der Waals surface area contributed by atoms with Crippen molar-refractivity contribution in [2.75, 3.05) is 13.2 Å². The monoisotopic (exact) mass is 1130 g/mol. The Morgan fingerprint density at radius 3 is 0.805 bits per heavy atom. The van der Waals surface area contributed by atoms with Gasteiger partial charge in [0.15, 0.2) is 6.10 Å². The van der Waals surface area contributed by atoms with Crippen LogP contribution in [0.25, 0.3) is 0 Å². The maximum atomic E-state index is 12.9. The van der Waals surface area contributed by atoms with E-state index in [-0.39, 0.29) is 31.6 Å². The fourth-order valence-electron chi connectivity index (χ4n) is 8.82. The van der Waals surface area contributed by atoms with Crippen LogP contribution >= 0.6 is 0 Å². The molecule has 0 saturated heterocycles. The lowest BCUT2D eigenvalue weighted by atomic mass is 10.1. The standard InChI is InChI=1S/C76H122O6/c1-4-7-10-13-16-19-22-25-28-31-33-34-35-36-37-38-39-40-41-42-44-45-48-51-54-57-60-63-66-69-75(78)81-72-73(71-80-74(77)68-65-62-59-56-53-50-47-30-27-24-21-18-15-12-9-6-3)82-76(79)70-67-64-61-58-55-52-49-46-43-32-29-26-23-20-17-14-11-8-5-2/h7-8,10-11,16-17,19-20,25-26,28-30,33-34,36-37,39-40,43,46-47,52,55,61,64,73H,4-6,9,12-15,18,21-24,27,31-32,35,38,41-42,44-45,48-51,53-54,56-60,62-63,65-72H2,1-3H3/b10-7-,11-8-,19-16-,20-17-,28-25-,29-26-,34-33-,37-36-,40-39-,46-43-,47-30-,55-52-,64-61-. The molecular weight excluding hydrogens is 1010 g/mol. The minimum absolute atomic E-state index is 0.118. The second-order valence-corrected chi connectivity index (χ2v) is 21.6. The molecule has 0 N–H and O–H groups in total. The number of rotatable bonds is 59. The predicted octanol–water partition coefficient (Wildman–Crippen LogP) is 23.3. The molecule has 0 aromatic heterocycles. The van der Waals surface area contributed by atoms with Crippen LogP contribution in [0.5, 0.6) is 0 Å². The Hall–Kier alpha value is -4.97. The van der Waals surface area contributed by atoms with Gasteiger partial charge < -0.3 is 14.2 Å². The first-order chi connectivity index (χ1) is 40.5. The molecule has 1 atom stereocenters. The van der Waals surface area contributed by atoms with Crippen LogP contribution in [-0.4, -0.2) is 37.2 Å². The average molecular weight is 1130 g/mol. The Morgan fingerprint density at radius 1 is 0.256 bits per heavy atom. The van der Waals surface area contributed by atoms with E-state index >= 15 is 0 Å². The Kier molecular flexibility index (Phi) is 64.4. The van der Waals surface area contributed by atoms with E-state index in [9.17, 15) is 14.4 Å². The molecule has 0 aliphatic heterocycles. The highest BCUT2D eigenvalue weighted by Gasteiger charge is 2.19. The highest BCUT2D eigenvalue weighted by molar-refractivity contribution is 5.71. The summed E-state index contributed by atoms with van der Waals surface area (Å²) < 4.78 is 16.9. The van der Waals surface area contributed by atoms with Gasteiger partial charge in [0.1, 0.15) is 13.2 Å². The summed E-state index contributed by atoms with van der Waals surface area (Å²) in [5, 5.41) is 0. The maximum absolute atomic E-state index is 12.9. The largest absolute Gasteiger partial charge is 0.462 e. The van der Waals surface area contributed by atoms with Gasteiger partial charge in [0, 0.05) is 19.3 Å². The van der Waals surface area contributed by atoms with E-state index in [0.29, 0.717) is 19.3 Å². The summed E-state index contributed by atoms with van der Waals surface area (Å²) in [6, 6.07) is 0. The van der Waals surface area contributed by atoms with Gasteiger partial charge in [-0.1, -0.05) is 288 Å². The predicted molar refractivity (Wildman–Crippen MR) is 357 cm³/mol. The molecule has 0 heterocycles. The van der Waals surface area contributed by atoms with Crippen LogP contribution in [-0.2, 0) is 28.6 Å². The third kappa shape index (κ3) is 65.8. The van der Waals surface area contributed by atoms with Gasteiger partial charge in [0.2, 0.25) is 0 Å². The highest BCUT2D eigenvalue weighted by Crippen LogP contribution is 2.15. The molecule has 0 aliphatic carbocycles. The lowest BCUT2D eigenvalue weighted by Gasteiger charge is -2.18. The minimum atomic E-state index is -0.832. The zero-order chi connectivity index (χ0) is 59.2. The van der Waals surface area contributed by atoms with E-state index in [1.165, 1.54) is 103 Å². The first-order valence-electron chi connectivity index (χ1n) is 33.5. The van der Waals surface area contributed by atoms with Crippen molar-refractivity contribution in [2.45, 2.75) is 290 Å². The van der Waals surface area contributed by atoms with E-state index in [1.807, 2.05) is 6.08 Å². The summed E-state index contributed by atoms with van der Waals surface area (Å²) in [6.07, 6.45) is 99.8. The third-order valence-corrected chi connectivity index (χ3v) is 13.8. The van der Waals surface area contributed by atoms with E-state index in [0.717, 1.165) is 135 Å². The quantitative estimate of drug-likeness (QED) is 0.0261. The number of carbonyl (C=O) groups is 3. The Bertz CT molecular complexity index is 1830. The van der Waals surface area contributed by atoms with Gasteiger partial charge in [0.25, 0.3) is 0 Å². The van der Waals surface area contributed by atoms with Crippen molar-refractivity contribution in [1.82, 2.24) is 0 Å². The van der Waals surface area contributed by atoms with E-state index in [4.69, 9.17) is 14.2 Å². The van der Waals surface area contributed by atoms with Crippen molar-refractivity contribution in [3.63, 3.8) is 0 Å². The first kappa shape index (κ1) is 77.0. The summed E-state index contributed by atoms with van der Waals surface area (Å²) in [4.78, 5) is 38.4. The third-order valence-electron chi connectivity index (χ3n) is 13.8. The van der Waals surface area contributed by atoms with Crippen LogP contribution in [0.4, 0.5) is 0 Å². The fourth-order valence-corrected chi connectivity index (χ4v) is 8.82. The molecular formula is C76H122O6. The fraction of sp³-hybridized carbons (Fsp3) is 0.618. The molecule has 0 spiro atoms. The molecule has 0 aromatic rings. The lowest BCUT2D eigenvalue weighted by molar-refractivity contribution is -0.166. The maximum Gasteiger partial charge on any atom is 0.306 e. The molecule has 0 saturated carbocycles. The molecule has 0 amide bonds. The molecule has 0 fully saturated rings. The topological polar surface area (TPSA) is 78.9 Å². The Balaban J connectivity index is 4.45. The molecule has 0 aromatic carbocycles. The lowest BCUT2D eigenvalue weighted by Crippen LogP contribution is -2.30. The van der Waals surface area contributed by atoms with E-state index in [1.54, 1.807) is 0 Å². The van der Waals surface area contributed by atoms with Crippen molar-refractivity contribution in [1.29, 1.82) is 0 Å². The summed E-state index contributed by atoms with van der Waals surface area (Å²) in [6.45, 7) is 6.34. The van der Waals surface area contributed by atoms with Gasteiger partial charge in [-0.3, -0.25) is 14.4 Å². The molecule has 6 heteroatoms. The number of ether oxygens (including phenoxy) is 3. The minimum Gasteiger partial charge on any atom is -0.462 e. The first-order valence-corrected chi connectivity index (χ1v) is 33.5. The SMILES string of the molecule is CC/C=C\C/C=C\C/C=C\C/C=C\C/C=C\C/C=C\CCCCCCCCCCCCC(=O)OCC(COC(=O)CCCCCCC/C=C\CCCCCCCCC)OC(=O)CC/C=C\C/C=C\C/C=C\C/C=C\C/C=C\C/C=C\CC. The van der Waals surface area contributed by atoms with Gasteiger partial charge in [-0.25, -0.2) is 0 Å². The molecule has 0 rings (SSSR count). The molecule has 6 nitrogen and oxygen atoms in total. The number of esters is 3.